The number of halogens is 1. The number of carbonyl (C=O) groups excluding carboxylic acids is 1. The molecule has 1 aliphatic rings. The van der Waals surface area contributed by atoms with Crippen LogP contribution < -0.4 is 16.0 Å². The molecule has 0 aromatic carbocycles. The number of nitrogens with two attached hydrogens (primary N) is 1. The van der Waals surface area contributed by atoms with Gasteiger partial charge in [0.25, 0.3) is 0 Å². The van der Waals surface area contributed by atoms with Crippen molar-refractivity contribution in [3.05, 3.63) is 12.7 Å². The number of amides is 1. The highest BCUT2D eigenvalue weighted by Crippen LogP contribution is 2.32. The van der Waals surface area contributed by atoms with Gasteiger partial charge in [0.15, 0.2) is 23.2 Å². The molecule has 5 atom stereocenters. The number of aromatic nitrogens is 4. The van der Waals surface area contributed by atoms with E-state index in [1.165, 1.54) is 17.2 Å². The second kappa shape index (κ2) is 10.2. The molecule has 3 heterocycles. The molecule has 2 aromatic rings. The van der Waals surface area contributed by atoms with E-state index in [1.54, 1.807) is 4.90 Å². The molecule has 32 heavy (non-hydrogen) atoms. The van der Waals surface area contributed by atoms with E-state index >= 15 is 0 Å². The van der Waals surface area contributed by atoms with Crippen LogP contribution in [0.1, 0.15) is 12.6 Å². The summed E-state index contributed by atoms with van der Waals surface area (Å²) < 4.78 is 29.9. The van der Waals surface area contributed by atoms with E-state index in [-0.39, 0.29) is 24.6 Å². The number of hydrogen-bond donors (Lipinski definition) is 4. The lowest BCUT2D eigenvalue weighted by atomic mass is 10.1. The number of ether oxygens (including phenoxy) is 1. The number of imidazole rings is 1. The Morgan fingerprint density at radius 3 is 2.66 bits per heavy atom. The SMILES string of the molecule is CN(C)c1ncnc2c1ncn2[C@@H]1O[C@H](CO)[C@@H](NC(=O)[C@@H](N)CCS(C)(=O)=O)[C@H]1O.Cl. The summed E-state index contributed by atoms with van der Waals surface area (Å²) in [5.74, 6) is -0.313. The maximum absolute atomic E-state index is 12.4. The van der Waals surface area contributed by atoms with Crippen LogP contribution in [0.2, 0.25) is 0 Å². The number of nitrogens with one attached hydrogen (secondary N) is 1. The molecule has 1 fully saturated rings. The third-order valence-electron chi connectivity index (χ3n) is 5.04. The lowest BCUT2D eigenvalue weighted by Gasteiger charge is -2.22. The molecule has 1 saturated heterocycles. The van der Waals surface area contributed by atoms with Crippen molar-refractivity contribution >= 4 is 45.1 Å². The van der Waals surface area contributed by atoms with Crippen LogP contribution >= 0.6 is 12.4 Å². The minimum Gasteiger partial charge on any atom is -0.394 e. The monoisotopic (exact) mass is 493 g/mol. The molecule has 2 aromatic heterocycles. The topological polar surface area (TPSA) is 186 Å². The van der Waals surface area contributed by atoms with E-state index in [9.17, 15) is 23.4 Å². The van der Waals surface area contributed by atoms with Crippen molar-refractivity contribution in [1.82, 2.24) is 24.8 Å². The van der Waals surface area contributed by atoms with Gasteiger partial charge in [0, 0.05) is 20.4 Å². The Hall–Kier alpha value is -2.10. The van der Waals surface area contributed by atoms with Crippen LogP contribution in [-0.2, 0) is 19.4 Å². The maximum atomic E-state index is 12.4. The molecule has 0 aliphatic carbocycles. The van der Waals surface area contributed by atoms with E-state index in [2.05, 4.69) is 20.3 Å². The van der Waals surface area contributed by atoms with E-state index in [4.69, 9.17) is 10.5 Å². The molecule has 5 N–H and O–H groups in total. The van der Waals surface area contributed by atoms with Gasteiger partial charge in [0.05, 0.1) is 30.8 Å². The number of carbonyl (C=O) groups is 1. The molecule has 180 valence electrons. The van der Waals surface area contributed by atoms with Gasteiger partial charge in [-0.2, -0.15) is 0 Å². The van der Waals surface area contributed by atoms with Crippen molar-refractivity contribution < 1.29 is 28.2 Å². The molecule has 3 rings (SSSR count). The predicted molar refractivity (Wildman–Crippen MR) is 118 cm³/mol. The standard InChI is InChI=1S/C17H27N7O6S.ClH/c1-23(2)14-12-15(20-7-19-14)24(8-21-12)17-13(26)11(10(6-25)30-17)22-16(27)9(18)4-5-31(3,28)29;/h7-11,13,17,25-26H,4-6,18H2,1-3H3,(H,22,27);1H/t9-,10+,11+,13+,17+;/m0./s1. The second-order valence-corrected chi connectivity index (χ2v) is 9.97. The first-order valence-corrected chi connectivity index (χ1v) is 11.6. The molecule has 0 bridgehead atoms. The van der Waals surface area contributed by atoms with Crippen molar-refractivity contribution in [3.63, 3.8) is 0 Å². The Morgan fingerprint density at radius 2 is 2.06 bits per heavy atom. The molecule has 1 aliphatic heterocycles. The van der Waals surface area contributed by atoms with Crippen molar-refractivity contribution in [1.29, 1.82) is 0 Å². The van der Waals surface area contributed by atoms with E-state index < -0.39 is 52.9 Å². The molecule has 0 spiro atoms. The molecule has 15 heteroatoms. The van der Waals surface area contributed by atoms with Crippen molar-refractivity contribution in [2.45, 2.75) is 36.9 Å². The predicted octanol–water partition coefficient (Wildman–Crippen LogP) is -2.19. The zero-order chi connectivity index (χ0) is 22.9. The minimum absolute atomic E-state index is 0. The lowest BCUT2D eigenvalue weighted by molar-refractivity contribution is -0.124. The summed E-state index contributed by atoms with van der Waals surface area (Å²) in [5.41, 5.74) is 6.70. The molecule has 0 radical (unpaired) electrons. The van der Waals surface area contributed by atoms with Crippen LogP contribution in [0.3, 0.4) is 0 Å². The molecule has 13 nitrogen and oxygen atoms in total. The first-order valence-electron chi connectivity index (χ1n) is 9.56. The Balaban J connectivity index is 0.00000363. The number of aliphatic hydroxyl groups is 2. The first kappa shape index (κ1) is 26.2. The van der Waals surface area contributed by atoms with Crippen LogP contribution in [0.15, 0.2) is 12.7 Å². The van der Waals surface area contributed by atoms with Gasteiger partial charge in [-0.25, -0.2) is 23.4 Å². The van der Waals surface area contributed by atoms with E-state index in [1.807, 2.05) is 14.1 Å². The number of anilines is 1. The van der Waals surface area contributed by atoms with Gasteiger partial charge in [-0.05, 0) is 6.42 Å². The Morgan fingerprint density at radius 1 is 1.38 bits per heavy atom. The van der Waals surface area contributed by atoms with Crippen LogP contribution in [0, 0.1) is 0 Å². The third kappa shape index (κ3) is 5.44. The van der Waals surface area contributed by atoms with Crippen molar-refractivity contribution in [2.24, 2.45) is 5.73 Å². The molecular weight excluding hydrogens is 466 g/mol. The fraction of sp³-hybridized carbons (Fsp3) is 0.647. The summed E-state index contributed by atoms with van der Waals surface area (Å²) in [5, 5.41) is 23.1. The largest absolute Gasteiger partial charge is 0.394 e. The Bertz CT molecular complexity index is 1050. The number of fused-ring (bicyclic) bond motifs is 1. The number of hydrogen-bond acceptors (Lipinski definition) is 11. The smallest absolute Gasteiger partial charge is 0.237 e. The Labute approximate surface area is 191 Å². The van der Waals surface area contributed by atoms with Crippen LogP contribution in [0.4, 0.5) is 5.82 Å². The van der Waals surface area contributed by atoms with Crippen LogP contribution in [0.25, 0.3) is 11.2 Å². The number of rotatable bonds is 8. The lowest BCUT2D eigenvalue weighted by Crippen LogP contribution is -2.53. The van der Waals surface area contributed by atoms with Crippen LogP contribution in [-0.4, -0.2) is 101 Å². The third-order valence-corrected chi connectivity index (χ3v) is 6.01. The average Bonchev–Trinajstić information content (AvgIpc) is 3.26. The van der Waals surface area contributed by atoms with E-state index in [0.29, 0.717) is 17.0 Å². The quantitative estimate of drug-likeness (QED) is 0.313. The summed E-state index contributed by atoms with van der Waals surface area (Å²) in [6, 6.07) is -2.07. The fourth-order valence-corrected chi connectivity index (χ4v) is 4.09. The highest BCUT2D eigenvalue weighted by Gasteiger charge is 2.46. The van der Waals surface area contributed by atoms with Gasteiger partial charge < -0.3 is 30.9 Å². The van der Waals surface area contributed by atoms with Gasteiger partial charge in [0.2, 0.25) is 5.91 Å². The highest BCUT2D eigenvalue weighted by molar-refractivity contribution is 7.90. The normalized spacial score (nSPS) is 24.2. The zero-order valence-electron chi connectivity index (χ0n) is 17.8. The summed E-state index contributed by atoms with van der Waals surface area (Å²) in [7, 11) is 0.340. The van der Waals surface area contributed by atoms with Gasteiger partial charge in [0.1, 0.15) is 28.4 Å². The van der Waals surface area contributed by atoms with Gasteiger partial charge >= 0.3 is 0 Å². The molecule has 1 amide bonds. The second-order valence-electron chi connectivity index (χ2n) is 7.71. The Kier molecular flexibility index (Phi) is 8.36. The van der Waals surface area contributed by atoms with E-state index in [0.717, 1.165) is 6.26 Å². The van der Waals surface area contributed by atoms with Crippen molar-refractivity contribution in [3.8, 4) is 0 Å². The maximum Gasteiger partial charge on any atom is 0.237 e. The molecule has 0 saturated carbocycles. The minimum atomic E-state index is -3.27. The zero-order valence-corrected chi connectivity index (χ0v) is 19.5. The highest BCUT2D eigenvalue weighted by atomic mass is 35.5. The summed E-state index contributed by atoms with van der Waals surface area (Å²) in [6.45, 7) is -0.471. The van der Waals surface area contributed by atoms with Gasteiger partial charge in [-0.15, -0.1) is 12.4 Å². The number of nitrogens with zero attached hydrogens (tertiary/aromatic N) is 5. The number of aliphatic hydroxyl groups excluding tert-OH is 2. The molecular formula is C17H28ClN7O6S. The molecule has 0 unspecified atom stereocenters. The van der Waals surface area contributed by atoms with Gasteiger partial charge in [-0.3, -0.25) is 9.36 Å². The van der Waals surface area contributed by atoms with Gasteiger partial charge in [-0.1, -0.05) is 0 Å². The first-order chi connectivity index (χ1) is 14.5. The van der Waals surface area contributed by atoms with Crippen LogP contribution in [0.5, 0.6) is 0 Å². The average molecular weight is 494 g/mol. The summed E-state index contributed by atoms with van der Waals surface area (Å²) in [4.78, 5) is 26.9. The number of sulfone groups is 1. The fourth-order valence-electron chi connectivity index (χ4n) is 3.40. The van der Waals surface area contributed by atoms with Crippen molar-refractivity contribution in [2.75, 3.05) is 37.6 Å². The summed E-state index contributed by atoms with van der Waals surface area (Å²) >= 11 is 0. The summed E-state index contributed by atoms with van der Waals surface area (Å²) in [6.07, 6.45) is 0.635.